The van der Waals surface area contributed by atoms with Crippen LogP contribution in [0, 0.1) is 10.8 Å². The minimum atomic E-state index is -0.364. The van der Waals surface area contributed by atoms with Crippen molar-refractivity contribution in [3.05, 3.63) is 0 Å². The number of esters is 2. The maximum absolute atomic E-state index is 11.4. The van der Waals surface area contributed by atoms with E-state index in [9.17, 15) is 9.59 Å². The molecule has 0 atom stereocenters. The van der Waals surface area contributed by atoms with Crippen LogP contribution in [0.25, 0.3) is 0 Å². The Bertz CT molecular complexity index is 360. The molecule has 0 aromatic carbocycles. The smallest absolute Gasteiger partial charge is 0.311 e. The number of carbonyl (C=O) groups is 2. The number of nitrogens with one attached hydrogen (secondary N) is 2. The average Bonchev–Trinajstić information content (AvgIpc) is 2.29. The van der Waals surface area contributed by atoms with E-state index in [4.69, 9.17) is 20.3 Å². The summed E-state index contributed by atoms with van der Waals surface area (Å²) in [5, 5.41) is 14.5. The predicted octanol–water partition coefficient (Wildman–Crippen LogP) is 2.24. The molecule has 1 aliphatic carbocycles. The zero-order valence-electron chi connectivity index (χ0n) is 12.0. The van der Waals surface area contributed by atoms with E-state index in [0.717, 1.165) is 0 Å². The van der Waals surface area contributed by atoms with Crippen molar-refractivity contribution in [1.82, 2.24) is 0 Å². The monoisotopic (exact) mass is 282 g/mol. The highest BCUT2D eigenvalue weighted by atomic mass is 16.6. The van der Waals surface area contributed by atoms with Gasteiger partial charge in [0.25, 0.3) is 0 Å². The fourth-order valence-electron chi connectivity index (χ4n) is 2.16. The first-order valence-electron chi connectivity index (χ1n) is 6.84. The molecule has 1 saturated carbocycles. The summed E-state index contributed by atoms with van der Waals surface area (Å²) in [4.78, 5) is 22.9. The maximum atomic E-state index is 11.4. The van der Waals surface area contributed by atoms with Gasteiger partial charge in [-0.3, -0.25) is 9.59 Å². The highest BCUT2D eigenvalue weighted by molar-refractivity contribution is 5.96. The van der Waals surface area contributed by atoms with E-state index in [1.165, 1.54) is 0 Å². The molecule has 0 saturated heterocycles. The topological polar surface area (TPSA) is 100 Å². The molecular weight excluding hydrogens is 260 g/mol. The van der Waals surface area contributed by atoms with E-state index in [1.54, 1.807) is 13.8 Å². The molecular formula is C14H22N2O4. The van der Waals surface area contributed by atoms with Crippen molar-refractivity contribution in [2.24, 2.45) is 0 Å². The molecule has 112 valence electrons. The third kappa shape index (κ3) is 6.45. The van der Waals surface area contributed by atoms with Crippen molar-refractivity contribution >= 4 is 23.4 Å². The first-order chi connectivity index (χ1) is 9.36. The van der Waals surface area contributed by atoms with Crippen LogP contribution in [-0.2, 0) is 19.1 Å². The molecule has 0 radical (unpaired) electrons. The van der Waals surface area contributed by atoms with Crippen LogP contribution in [-0.4, -0.2) is 35.6 Å². The zero-order valence-corrected chi connectivity index (χ0v) is 12.0. The van der Waals surface area contributed by atoms with Crippen LogP contribution in [0.4, 0.5) is 0 Å². The SMILES string of the molecule is CC(=N)CC(=O)OC1CCC(OC(=O)CC(C)=N)CC1. The molecule has 0 heterocycles. The lowest BCUT2D eigenvalue weighted by molar-refractivity contribution is -0.156. The van der Waals surface area contributed by atoms with Crippen LogP contribution < -0.4 is 0 Å². The average molecular weight is 282 g/mol. The molecule has 0 bridgehead atoms. The van der Waals surface area contributed by atoms with E-state index < -0.39 is 0 Å². The van der Waals surface area contributed by atoms with Crippen LogP contribution in [0.15, 0.2) is 0 Å². The molecule has 0 aromatic rings. The second-order valence-electron chi connectivity index (χ2n) is 5.29. The molecule has 6 heteroatoms. The van der Waals surface area contributed by atoms with E-state index >= 15 is 0 Å². The summed E-state index contributed by atoms with van der Waals surface area (Å²) < 4.78 is 10.5. The van der Waals surface area contributed by atoms with Gasteiger partial charge >= 0.3 is 11.9 Å². The second kappa shape index (κ2) is 7.77. The number of ether oxygens (including phenoxy) is 2. The minimum Gasteiger partial charge on any atom is -0.462 e. The zero-order chi connectivity index (χ0) is 15.1. The van der Waals surface area contributed by atoms with E-state index in [1.807, 2.05) is 0 Å². The maximum Gasteiger partial charge on any atom is 0.311 e. The van der Waals surface area contributed by atoms with Crippen molar-refractivity contribution in [1.29, 1.82) is 10.8 Å². The minimum absolute atomic E-state index is 0.0352. The Morgan fingerprint density at radius 1 is 0.850 bits per heavy atom. The van der Waals surface area contributed by atoms with Gasteiger partial charge in [-0.1, -0.05) is 0 Å². The highest BCUT2D eigenvalue weighted by Gasteiger charge is 2.26. The van der Waals surface area contributed by atoms with Gasteiger partial charge in [0.15, 0.2) is 0 Å². The molecule has 0 spiro atoms. The number of carbonyl (C=O) groups excluding carboxylic acids is 2. The Morgan fingerprint density at radius 2 is 1.15 bits per heavy atom. The Balaban J connectivity index is 2.26. The van der Waals surface area contributed by atoms with Crippen LogP contribution in [0.3, 0.4) is 0 Å². The molecule has 0 unspecified atom stereocenters. The van der Waals surface area contributed by atoms with Gasteiger partial charge in [-0.2, -0.15) is 0 Å². The summed E-state index contributed by atoms with van der Waals surface area (Å²) in [5.41, 5.74) is 0.583. The number of rotatable bonds is 6. The molecule has 0 aromatic heterocycles. The van der Waals surface area contributed by atoms with Gasteiger partial charge < -0.3 is 20.3 Å². The molecule has 1 rings (SSSR count). The van der Waals surface area contributed by atoms with Gasteiger partial charge in [0.1, 0.15) is 12.2 Å². The molecule has 0 aliphatic heterocycles. The lowest BCUT2D eigenvalue weighted by Crippen LogP contribution is -2.30. The van der Waals surface area contributed by atoms with Gasteiger partial charge in [-0.25, -0.2) is 0 Å². The largest absolute Gasteiger partial charge is 0.462 e. The highest BCUT2D eigenvalue weighted by Crippen LogP contribution is 2.24. The van der Waals surface area contributed by atoms with Gasteiger partial charge in [0, 0.05) is 11.4 Å². The summed E-state index contributed by atoms with van der Waals surface area (Å²) in [6.45, 7) is 3.14. The van der Waals surface area contributed by atoms with Crippen molar-refractivity contribution in [2.75, 3.05) is 0 Å². The van der Waals surface area contributed by atoms with Crippen molar-refractivity contribution in [3.63, 3.8) is 0 Å². The summed E-state index contributed by atoms with van der Waals surface area (Å²) in [5.74, 6) is -0.727. The molecule has 20 heavy (non-hydrogen) atoms. The fraction of sp³-hybridized carbons (Fsp3) is 0.714. The second-order valence-corrected chi connectivity index (χ2v) is 5.29. The van der Waals surface area contributed by atoms with E-state index in [0.29, 0.717) is 37.1 Å². The third-order valence-corrected chi connectivity index (χ3v) is 3.04. The lowest BCUT2D eigenvalue weighted by Gasteiger charge is -2.28. The Kier molecular flexibility index (Phi) is 6.35. The van der Waals surface area contributed by atoms with Crippen molar-refractivity contribution in [3.8, 4) is 0 Å². The molecule has 1 aliphatic rings. The van der Waals surface area contributed by atoms with Crippen molar-refractivity contribution in [2.45, 2.75) is 64.6 Å². The molecule has 2 N–H and O–H groups in total. The summed E-state index contributed by atoms with van der Waals surface area (Å²) >= 11 is 0. The number of hydrogen-bond acceptors (Lipinski definition) is 6. The van der Waals surface area contributed by atoms with E-state index in [-0.39, 0.29) is 37.0 Å². The molecule has 1 fully saturated rings. The standard InChI is InChI=1S/C14H22N2O4/c1-9(15)7-13(17)19-11-3-5-12(6-4-11)20-14(18)8-10(2)16/h11-12,15-16H,3-8H2,1-2H3. The normalized spacial score (nSPS) is 21.9. The lowest BCUT2D eigenvalue weighted by atomic mass is 9.95. The molecule has 6 nitrogen and oxygen atoms in total. The van der Waals surface area contributed by atoms with Crippen LogP contribution in [0.1, 0.15) is 52.4 Å². The first kappa shape index (κ1) is 16.3. The van der Waals surface area contributed by atoms with Gasteiger partial charge in [0.05, 0.1) is 12.8 Å². The van der Waals surface area contributed by atoms with Gasteiger partial charge in [0.2, 0.25) is 0 Å². The number of hydrogen-bond donors (Lipinski definition) is 2. The van der Waals surface area contributed by atoms with E-state index in [2.05, 4.69) is 0 Å². The van der Waals surface area contributed by atoms with Crippen molar-refractivity contribution < 1.29 is 19.1 Å². The Labute approximate surface area is 118 Å². The Hall–Kier alpha value is -1.72. The quantitative estimate of drug-likeness (QED) is 0.576. The van der Waals surface area contributed by atoms with Gasteiger partial charge in [-0.05, 0) is 39.5 Å². The summed E-state index contributed by atoms with van der Waals surface area (Å²) in [6.07, 6.45) is 2.48. The summed E-state index contributed by atoms with van der Waals surface area (Å²) in [7, 11) is 0. The summed E-state index contributed by atoms with van der Waals surface area (Å²) in [6, 6.07) is 0. The third-order valence-electron chi connectivity index (χ3n) is 3.04. The van der Waals surface area contributed by atoms with Crippen LogP contribution in [0.5, 0.6) is 0 Å². The Morgan fingerprint density at radius 3 is 1.40 bits per heavy atom. The molecule has 0 amide bonds. The first-order valence-corrected chi connectivity index (χ1v) is 6.84. The van der Waals surface area contributed by atoms with Crippen LogP contribution >= 0.6 is 0 Å². The fourth-order valence-corrected chi connectivity index (χ4v) is 2.16. The van der Waals surface area contributed by atoms with Gasteiger partial charge in [-0.15, -0.1) is 0 Å². The predicted molar refractivity (Wildman–Crippen MR) is 74.3 cm³/mol. The van der Waals surface area contributed by atoms with Crippen LogP contribution in [0.2, 0.25) is 0 Å².